The lowest BCUT2D eigenvalue weighted by Gasteiger charge is -2.31. The fourth-order valence-corrected chi connectivity index (χ4v) is 2.24. The highest BCUT2D eigenvalue weighted by atomic mass is 16.5. The monoisotopic (exact) mass is 263 g/mol. The van der Waals surface area contributed by atoms with Crippen LogP contribution in [-0.4, -0.2) is 50.1 Å². The third-order valence-electron chi connectivity index (χ3n) is 3.39. The van der Waals surface area contributed by atoms with Gasteiger partial charge in [0.25, 0.3) is 0 Å². The molecule has 1 aliphatic rings. The highest BCUT2D eigenvalue weighted by molar-refractivity contribution is 5.79. The van der Waals surface area contributed by atoms with Gasteiger partial charge < -0.3 is 9.47 Å². The van der Waals surface area contributed by atoms with Gasteiger partial charge in [0.05, 0.1) is 12.2 Å². The second-order valence-corrected chi connectivity index (χ2v) is 4.86. The van der Waals surface area contributed by atoms with Gasteiger partial charge in [-0.1, -0.05) is 18.6 Å². The molecule has 4 heteroatoms. The first kappa shape index (κ1) is 14.0. The molecule has 0 amide bonds. The second-order valence-electron chi connectivity index (χ2n) is 4.86. The number of aryl methyl sites for hydroxylation is 1. The van der Waals surface area contributed by atoms with Gasteiger partial charge in [0.15, 0.2) is 6.29 Å². The van der Waals surface area contributed by atoms with E-state index in [0.29, 0.717) is 17.9 Å². The van der Waals surface area contributed by atoms with Crippen LogP contribution in [0.1, 0.15) is 22.8 Å². The molecule has 1 aliphatic heterocycles. The van der Waals surface area contributed by atoms with Crippen molar-refractivity contribution in [1.29, 1.82) is 0 Å². The predicted molar refractivity (Wildman–Crippen MR) is 73.9 cm³/mol. The number of carbonyl (C=O) groups excluding carboxylic acids is 1. The molecule has 0 spiro atoms. The van der Waals surface area contributed by atoms with E-state index in [0.717, 1.165) is 38.1 Å². The van der Waals surface area contributed by atoms with Crippen molar-refractivity contribution >= 4 is 6.29 Å². The van der Waals surface area contributed by atoms with E-state index in [4.69, 9.17) is 9.47 Å². The van der Waals surface area contributed by atoms with Crippen molar-refractivity contribution in [3.63, 3.8) is 0 Å². The third kappa shape index (κ3) is 3.78. The number of hydrogen-bond acceptors (Lipinski definition) is 4. The van der Waals surface area contributed by atoms with E-state index in [-0.39, 0.29) is 6.10 Å². The number of benzene rings is 1. The summed E-state index contributed by atoms with van der Waals surface area (Å²) in [6.45, 7) is 8.24. The van der Waals surface area contributed by atoms with Crippen LogP contribution in [0.15, 0.2) is 18.2 Å². The summed E-state index contributed by atoms with van der Waals surface area (Å²) in [7, 11) is 0. The SMILES string of the molecule is CCN1CCOC(COc2ccc(C)cc2C=O)C1. The van der Waals surface area contributed by atoms with Crippen LogP contribution >= 0.6 is 0 Å². The molecule has 1 saturated heterocycles. The minimum absolute atomic E-state index is 0.0782. The molecule has 1 fully saturated rings. The fourth-order valence-electron chi connectivity index (χ4n) is 2.24. The van der Waals surface area contributed by atoms with Crippen LogP contribution in [0.4, 0.5) is 0 Å². The van der Waals surface area contributed by atoms with Crippen molar-refractivity contribution in [2.75, 3.05) is 32.8 Å². The number of ether oxygens (including phenoxy) is 2. The molecule has 0 saturated carbocycles. The zero-order chi connectivity index (χ0) is 13.7. The minimum Gasteiger partial charge on any atom is -0.490 e. The Morgan fingerprint density at radius 3 is 3.11 bits per heavy atom. The standard InChI is InChI=1S/C15H21NO3/c1-3-16-6-7-18-14(9-16)11-19-15-5-4-12(2)8-13(15)10-17/h4-5,8,10,14H,3,6-7,9,11H2,1-2H3. The van der Waals surface area contributed by atoms with Crippen molar-refractivity contribution in [3.8, 4) is 5.75 Å². The molecular formula is C15H21NO3. The molecule has 0 N–H and O–H groups in total. The number of rotatable bonds is 5. The fraction of sp³-hybridized carbons (Fsp3) is 0.533. The van der Waals surface area contributed by atoms with E-state index in [2.05, 4.69) is 11.8 Å². The van der Waals surface area contributed by atoms with Crippen molar-refractivity contribution in [3.05, 3.63) is 29.3 Å². The molecule has 1 unspecified atom stereocenters. The Balaban J connectivity index is 1.93. The van der Waals surface area contributed by atoms with Crippen LogP contribution in [0.2, 0.25) is 0 Å². The van der Waals surface area contributed by atoms with Gasteiger partial charge in [-0.15, -0.1) is 0 Å². The molecule has 104 valence electrons. The number of hydrogen-bond donors (Lipinski definition) is 0. The largest absolute Gasteiger partial charge is 0.490 e. The van der Waals surface area contributed by atoms with Crippen molar-refractivity contribution in [2.45, 2.75) is 20.0 Å². The Morgan fingerprint density at radius 2 is 2.37 bits per heavy atom. The molecule has 2 rings (SSSR count). The highest BCUT2D eigenvalue weighted by Crippen LogP contribution is 2.19. The molecule has 0 radical (unpaired) electrons. The van der Waals surface area contributed by atoms with Crippen LogP contribution in [0.3, 0.4) is 0 Å². The van der Waals surface area contributed by atoms with Crippen molar-refractivity contribution < 1.29 is 14.3 Å². The minimum atomic E-state index is 0.0782. The van der Waals surface area contributed by atoms with Crippen molar-refractivity contribution in [1.82, 2.24) is 4.90 Å². The first-order chi connectivity index (χ1) is 9.22. The molecule has 1 atom stereocenters. The predicted octanol–water partition coefficient (Wildman–Crippen LogP) is 1.91. The summed E-state index contributed by atoms with van der Waals surface area (Å²) in [4.78, 5) is 13.4. The summed E-state index contributed by atoms with van der Waals surface area (Å²) in [6.07, 6.45) is 0.914. The van der Waals surface area contributed by atoms with Gasteiger partial charge in [0.2, 0.25) is 0 Å². The average Bonchev–Trinajstić information content (AvgIpc) is 2.46. The Morgan fingerprint density at radius 1 is 1.53 bits per heavy atom. The summed E-state index contributed by atoms with van der Waals surface area (Å²) in [6, 6.07) is 5.63. The van der Waals surface area contributed by atoms with Gasteiger partial charge in [-0.05, 0) is 25.6 Å². The van der Waals surface area contributed by atoms with E-state index in [1.54, 1.807) is 0 Å². The maximum absolute atomic E-state index is 11.0. The molecule has 0 aromatic heterocycles. The number of carbonyl (C=O) groups is 1. The smallest absolute Gasteiger partial charge is 0.153 e. The van der Waals surface area contributed by atoms with Crippen LogP contribution < -0.4 is 4.74 Å². The lowest BCUT2D eigenvalue weighted by Crippen LogP contribution is -2.44. The maximum atomic E-state index is 11.0. The zero-order valence-corrected chi connectivity index (χ0v) is 11.6. The molecule has 4 nitrogen and oxygen atoms in total. The van der Waals surface area contributed by atoms with E-state index in [9.17, 15) is 4.79 Å². The van der Waals surface area contributed by atoms with Gasteiger partial charge in [0, 0.05) is 13.1 Å². The van der Waals surface area contributed by atoms with Gasteiger partial charge >= 0.3 is 0 Å². The summed E-state index contributed by atoms with van der Waals surface area (Å²) >= 11 is 0. The lowest BCUT2D eigenvalue weighted by atomic mass is 10.1. The molecule has 0 aliphatic carbocycles. The Hall–Kier alpha value is -1.39. The molecule has 0 bridgehead atoms. The number of nitrogens with zero attached hydrogens (tertiary/aromatic N) is 1. The molecule has 1 aromatic rings. The quantitative estimate of drug-likeness (QED) is 0.761. The average molecular weight is 263 g/mol. The van der Waals surface area contributed by atoms with E-state index >= 15 is 0 Å². The summed E-state index contributed by atoms with van der Waals surface area (Å²) in [5.41, 5.74) is 1.66. The second kappa shape index (κ2) is 6.68. The first-order valence-corrected chi connectivity index (χ1v) is 6.75. The number of aldehydes is 1. The molecule has 1 aromatic carbocycles. The van der Waals surface area contributed by atoms with Gasteiger partial charge in [-0.25, -0.2) is 0 Å². The summed E-state index contributed by atoms with van der Waals surface area (Å²) in [5.74, 6) is 0.637. The normalized spacial score (nSPS) is 20.2. The van der Waals surface area contributed by atoms with E-state index < -0.39 is 0 Å². The van der Waals surface area contributed by atoms with Crippen LogP contribution in [0.25, 0.3) is 0 Å². The van der Waals surface area contributed by atoms with E-state index in [1.165, 1.54) is 0 Å². The van der Waals surface area contributed by atoms with Crippen LogP contribution in [0, 0.1) is 6.92 Å². The first-order valence-electron chi connectivity index (χ1n) is 6.75. The number of likely N-dealkylation sites (N-methyl/N-ethyl adjacent to an activating group) is 1. The molecule has 1 heterocycles. The van der Waals surface area contributed by atoms with Crippen LogP contribution in [0.5, 0.6) is 5.75 Å². The zero-order valence-electron chi connectivity index (χ0n) is 11.6. The molecule has 19 heavy (non-hydrogen) atoms. The Bertz CT molecular complexity index is 433. The van der Waals surface area contributed by atoms with Crippen LogP contribution in [-0.2, 0) is 4.74 Å². The van der Waals surface area contributed by atoms with Crippen molar-refractivity contribution in [2.24, 2.45) is 0 Å². The molecular weight excluding hydrogens is 242 g/mol. The number of morpholine rings is 1. The van der Waals surface area contributed by atoms with Gasteiger partial charge in [0.1, 0.15) is 18.5 Å². The Kier molecular flexibility index (Phi) is 4.93. The Labute approximate surface area is 114 Å². The van der Waals surface area contributed by atoms with Gasteiger partial charge in [-0.2, -0.15) is 0 Å². The van der Waals surface area contributed by atoms with E-state index in [1.807, 2.05) is 25.1 Å². The van der Waals surface area contributed by atoms with Gasteiger partial charge in [-0.3, -0.25) is 9.69 Å². The summed E-state index contributed by atoms with van der Waals surface area (Å²) < 4.78 is 11.4. The summed E-state index contributed by atoms with van der Waals surface area (Å²) in [5, 5.41) is 0. The lowest BCUT2D eigenvalue weighted by molar-refractivity contribution is -0.0464. The highest BCUT2D eigenvalue weighted by Gasteiger charge is 2.20. The topological polar surface area (TPSA) is 38.8 Å². The third-order valence-corrected chi connectivity index (χ3v) is 3.39. The maximum Gasteiger partial charge on any atom is 0.153 e.